The van der Waals surface area contributed by atoms with E-state index >= 15 is 0 Å². The van der Waals surface area contributed by atoms with Crippen molar-refractivity contribution in [3.63, 3.8) is 0 Å². The molecule has 0 saturated carbocycles. The molecule has 3 atom stereocenters. The number of carbonyl (C=O) groups excluding carboxylic acids is 2. The third-order valence-electron chi connectivity index (χ3n) is 6.51. The lowest BCUT2D eigenvalue weighted by atomic mass is 10.0. The average Bonchev–Trinajstić information content (AvgIpc) is 2.93. The second kappa shape index (κ2) is 26.8. The van der Waals surface area contributed by atoms with E-state index in [1.807, 2.05) is 0 Å². The first-order chi connectivity index (χ1) is 19.2. The molecule has 40 heavy (non-hydrogen) atoms. The number of phosphoric acid groups is 1. The lowest BCUT2D eigenvalue weighted by Gasteiger charge is -2.20. The minimum atomic E-state index is -4.58. The molecule has 0 aliphatic heterocycles. The third kappa shape index (κ3) is 25.9. The van der Waals surface area contributed by atoms with E-state index in [1.165, 1.54) is 57.8 Å². The van der Waals surface area contributed by atoms with Crippen LogP contribution in [0.15, 0.2) is 0 Å². The molecule has 0 aliphatic carbocycles. The average molecular weight is 597 g/mol. The van der Waals surface area contributed by atoms with Crippen LogP contribution in [0, 0.1) is 0 Å². The summed E-state index contributed by atoms with van der Waals surface area (Å²) in [7, 11) is -4.58. The largest absolute Gasteiger partial charge is 0.472 e. The number of esters is 2. The van der Waals surface area contributed by atoms with Crippen LogP contribution in [0.3, 0.4) is 0 Å². The van der Waals surface area contributed by atoms with Gasteiger partial charge in [0.25, 0.3) is 0 Å². The zero-order valence-corrected chi connectivity index (χ0v) is 26.0. The number of rotatable bonds is 29. The zero-order valence-electron chi connectivity index (χ0n) is 25.1. The van der Waals surface area contributed by atoms with Gasteiger partial charge in [0.05, 0.1) is 19.8 Å². The number of unbranched alkanes of at least 4 members (excludes halogenated alkanes) is 15. The number of hydrogen-bond acceptors (Lipinski definition) is 9. The van der Waals surface area contributed by atoms with E-state index < -0.39 is 51.8 Å². The van der Waals surface area contributed by atoms with Crippen molar-refractivity contribution in [1.29, 1.82) is 0 Å². The minimum absolute atomic E-state index is 0.190. The fourth-order valence-electron chi connectivity index (χ4n) is 4.05. The smallest absolute Gasteiger partial charge is 0.462 e. The van der Waals surface area contributed by atoms with Crippen molar-refractivity contribution in [2.24, 2.45) is 0 Å². The summed E-state index contributed by atoms with van der Waals surface area (Å²) in [6.45, 7) is 2.21. The van der Waals surface area contributed by atoms with Gasteiger partial charge in [0.1, 0.15) is 12.7 Å². The van der Waals surface area contributed by atoms with Gasteiger partial charge < -0.3 is 24.6 Å². The summed E-state index contributed by atoms with van der Waals surface area (Å²) in [6.07, 6.45) is 17.2. The van der Waals surface area contributed by atoms with Crippen LogP contribution in [0.4, 0.5) is 0 Å². The molecule has 0 rings (SSSR count). The number of aliphatic hydroxyl groups is 2. The van der Waals surface area contributed by atoms with Gasteiger partial charge in [0, 0.05) is 12.8 Å². The molecule has 0 aromatic rings. The maximum atomic E-state index is 12.4. The zero-order chi connectivity index (χ0) is 29.9. The quantitative estimate of drug-likeness (QED) is 0.0504. The SMILES string of the molecule is CCCCCCCCCCCCCCCC(=O)O[C@H](COC(=O)CCCCCC)COP(=O)(O)OC[C@@H](O)CO. The Hall–Kier alpha value is -1.03. The van der Waals surface area contributed by atoms with Crippen LogP contribution in [-0.4, -0.2) is 65.7 Å². The van der Waals surface area contributed by atoms with Crippen molar-refractivity contribution in [3.05, 3.63) is 0 Å². The molecule has 3 N–H and O–H groups in total. The van der Waals surface area contributed by atoms with E-state index in [0.717, 1.165) is 38.5 Å². The third-order valence-corrected chi connectivity index (χ3v) is 7.46. The summed E-state index contributed by atoms with van der Waals surface area (Å²) in [5.41, 5.74) is 0. The van der Waals surface area contributed by atoms with Gasteiger partial charge in [-0.05, 0) is 12.8 Å². The van der Waals surface area contributed by atoms with Gasteiger partial charge in [0.2, 0.25) is 0 Å². The first kappa shape index (κ1) is 39.0. The fraction of sp³-hybridized carbons (Fsp3) is 0.931. The van der Waals surface area contributed by atoms with Crippen LogP contribution in [0.25, 0.3) is 0 Å². The van der Waals surface area contributed by atoms with Crippen molar-refractivity contribution in [3.8, 4) is 0 Å². The van der Waals surface area contributed by atoms with Gasteiger partial charge >= 0.3 is 19.8 Å². The van der Waals surface area contributed by atoms with E-state index in [2.05, 4.69) is 18.4 Å². The Balaban J connectivity index is 4.33. The molecule has 0 aromatic carbocycles. The standard InChI is InChI=1S/C29H57O10P/c1-3-5-7-9-10-11-12-13-14-15-16-17-19-21-29(33)39-27(24-36-28(32)20-18-8-6-4-2)25-38-40(34,35)37-23-26(31)22-30/h26-27,30-31H,3-25H2,1-2H3,(H,34,35)/t26-,27+/m0/s1. The van der Waals surface area contributed by atoms with Gasteiger partial charge in [-0.1, -0.05) is 110 Å². The molecule has 0 heterocycles. The Morgan fingerprint density at radius 1 is 0.650 bits per heavy atom. The number of hydrogen-bond donors (Lipinski definition) is 3. The van der Waals surface area contributed by atoms with Crippen LogP contribution in [0.5, 0.6) is 0 Å². The van der Waals surface area contributed by atoms with E-state index in [1.54, 1.807) is 0 Å². The highest BCUT2D eigenvalue weighted by molar-refractivity contribution is 7.47. The van der Waals surface area contributed by atoms with Crippen LogP contribution in [0.2, 0.25) is 0 Å². The number of ether oxygens (including phenoxy) is 2. The van der Waals surface area contributed by atoms with Crippen molar-refractivity contribution in [2.45, 2.75) is 148 Å². The second-order valence-corrected chi connectivity index (χ2v) is 11.9. The summed E-state index contributed by atoms with van der Waals surface area (Å²) in [6, 6.07) is 0. The summed E-state index contributed by atoms with van der Waals surface area (Å²) in [5, 5.41) is 18.1. The Kier molecular flexibility index (Phi) is 26.2. The van der Waals surface area contributed by atoms with Gasteiger partial charge in [-0.2, -0.15) is 0 Å². The molecule has 0 aliphatic rings. The molecule has 10 nitrogen and oxygen atoms in total. The Morgan fingerprint density at radius 3 is 1.57 bits per heavy atom. The molecular weight excluding hydrogens is 539 g/mol. The minimum Gasteiger partial charge on any atom is -0.462 e. The Morgan fingerprint density at radius 2 is 1.07 bits per heavy atom. The molecule has 0 bridgehead atoms. The highest BCUT2D eigenvalue weighted by Crippen LogP contribution is 2.43. The number of phosphoric ester groups is 1. The topological polar surface area (TPSA) is 149 Å². The van der Waals surface area contributed by atoms with Crippen LogP contribution in [0.1, 0.15) is 136 Å². The fourth-order valence-corrected chi connectivity index (χ4v) is 4.84. The number of carbonyl (C=O) groups is 2. The summed E-state index contributed by atoms with van der Waals surface area (Å²) in [4.78, 5) is 34.2. The van der Waals surface area contributed by atoms with Crippen LogP contribution < -0.4 is 0 Å². The lowest BCUT2D eigenvalue weighted by molar-refractivity contribution is -0.161. The van der Waals surface area contributed by atoms with E-state index in [-0.39, 0.29) is 19.4 Å². The molecule has 0 amide bonds. The van der Waals surface area contributed by atoms with Gasteiger partial charge in [-0.3, -0.25) is 18.6 Å². The highest BCUT2D eigenvalue weighted by Gasteiger charge is 2.27. The van der Waals surface area contributed by atoms with Gasteiger partial charge in [-0.25, -0.2) is 4.57 Å². The van der Waals surface area contributed by atoms with Gasteiger partial charge in [0.15, 0.2) is 6.10 Å². The summed E-state index contributed by atoms with van der Waals surface area (Å²) < 4.78 is 32.1. The second-order valence-electron chi connectivity index (χ2n) is 10.5. The molecule has 0 radical (unpaired) electrons. The first-order valence-electron chi connectivity index (χ1n) is 15.5. The van der Waals surface area contributed by atoms with Crippen molar-refractivity contribution >= 4 is 19.8 Å². The molecule has 0 saturated heterocycles. The lowest BCUT2D eigenvalue weighted by Crippen LogP contribution is -2.29. The van der Waals surface area contributed by atoms with Crippen LogP contribution in [-0.2, 0) is 32.7 Å². The van der Waals surface area contributed by atoms with Crippen LogP contribution >= 0.6 is 7.82 Å². The maximum absolute atomic E-state index is 12.4. The van der Waals surface area contributed by atoms with E-state index in [9.17, 15) is 24.2 Å². The van der Waals surface area contributed by atoms with Gasteiger partial charge in [-0.15, -0.1) is 0 Å². The first-order valence-corrected chi connectivity index (χ1v) is 17.0. The summed E-state index contributed by atoms with van der Waals surface area (Å²) >= 11 is 0. The van der Waals surface area contributed by atoms with E-state index in [4.69, 9.17) is 19.1 Å². The Bertz CT molecular complexity index is 661. The molecule has 1 unspecified atom stereocenters. The molecule has 0 aromatic heterocycles. The Labute approximate surface area is 242 Å². The molecule has 238 valence electrons. The molecule has 0 spiro atoms. The highest BCUT2D eigenvalue weighted by atomic mass is 31.2. The monoisotopic (exact) mass is 596 g/mol. The van der Waals surface area contributed by atoms with Crippen molar-refractivity contribution in [2.75, 3.05) is 26.4 Å². The molecular formula is C29H57O10P. The summed E-state index contributed by atoms with van der Waals surface area (Å²) in [5.74, 6) is -0.941. The maximum Gasteiger partial charge on any atom is 0.472 e. The van der Waals surface area contributed by atoms with Crippen molar-refractivity contribution in [1.82, 2.24) is 0 Å². The number of aliphatic hydroxyl groups excluding tert-OH is 2. The van der Waals surface area contributed by atoms with E-state index in [0.29, 0.717) is 12.8 Å². The normalized spacial score (nSPS) is 14.4. The predicted octanol–water partition coefficient (Wildman–Crippen LogP) is 6.38. The van der Waals surface area contributed by atoms with Crippen molar-refractivity contribution < 1.29 is 47.8 Å². The molecule has 0 fully saturated rings. The predicted molar refractivity (Wildman–Crippen MR) is 155 cm³/mol. The molecule has 11 heteroatoms.